The third-order valence-corrected chi connectivity index (χ3v) is 3.20. The molecule has 0 fully saturated rings. The third-order valence-electron chi connectivity index (χ3n) is 2.46. The standard InChI is InChI=1S/C14H10Cl2FNO/c15-12-5-4-9(6-13(12)16)7-14(19)18-11-3-1-2-10(17)8-11/h1-6,8H,7H2,(H,18,19). The Labute approximate surface area is 120 Å². The molecule has 2 aromatic carbocycles. The number of carbonyl (C=O) groups is 1. The van der Waals surface area contributed by atoms with Crippen LogP contribution in [0.5, 0.6) is 0 Å². The maximum atomic E-state index is 13.0. The van der Waals surface area contributed by atoms with Crippen LogP contribution in [-0.2, 0) is 11.2 Å². The van der Waals surface area contributed by atoms with Crippen molar-refractivity contribution >= 4 is 34.8 Å². The van der Waals surface area contributed by atoms with Crippen LogP contribution in [0.2, 0.25) is 10.0 Å². The summed E-state index contributed by atoms with van der Waals surface area (Å²) in [6.45, 7) is 0. The molecule has 0 bridgehead atoms. The molecule has 0 atom stereocenters. The van der Waals surface area contributed by atoms with E-state index >= 15 is 0 Å². The van der Waals surface area contributed by atoms with Gasteiger partial charge in [0.2, 0.25) is 5.91 Å². The molecule has 0 aliphatic heterocycles. The lowest BCUT2D eigenvalue weighted by atomic mass is 10.1. The summed E-state index contributed by atoms with van der Waals surface area (Å²) in [7, 11) is 0. The van der Waals surface area contributed by atoms with Crippen molar-refractivity contribution in [1.82, 2.24) is 0 Å². The molecule has 0 aliphatic rings. The summed E-state index contributed by atoms with van der Waals surface area (Å²) in [5.41, 5.74) is 1.16. The number of amides is 1. The SMILES string of the molecule is O=C(Cc1ccc(Cl)c(Cl)c1)Nc1cccc(F)c1. The number of benzene rings is 2. The minimum atomic E-state index is -0.396. The minimum absolute atomic E-state index is 0.146. The molecule has 0 spiro atoms. The Balaban J connectivity index is 2.03. The highest BCUT2D eigenvalue weighted by Gasteiger charge is 2.06. The highest BCUT2D eigenvalue weighted by atomic mass is 35.5. The number of halogens is 3. The van der Waals surface area contributed by atoms with Gasteiger partial charge in [-0.05, 0) is 35.9 Å². The highest BCUT2D eigenvalue weighted by molar-refractivity contribution is 6.42. The Bertz CT molecular complexity index is 616. The molecule has 0 aromatic heterocycles. The van der Waals surface area contributed by atoms with Gasteiger partial charge in [-0.15, -0.1) is 0 Å². The van der Waals surface area contributed by atoms with E-state index in [1.165, 1.54) is 18.2 Å². The van der Waals surface area contributed by atoms with Crippen LogP contribution in [0.3, 0.4) is 0 Å². The molecule has 1 amide bonds. The first-order chi connectivity index (χ1) is 9.04. The summed E-state index contributed by atoms with van der Waals surface area (Å²) in [5, 5.41) is 3.45. The van der Waals surface area contributed by atoms with Gasteiger partial charge in [0.1, 0.15) is 5.82 Å². The van der Waals surface area contributed by atoms with Gasteiger partial charge in [-0.2, -0.15) is 0 Å². The van der Waals surface area contributed by atoms with E-state index in [1.807, 2.05) is 0 Å². The molecule has 98 valence electrons. The van der Waals surface area contributed by atoms with Crippen LogP contribution in [0.15, 0.2) is 42.5 Å². The topological polar surface area (TPSA) is 29.1 Å². The van der Waals surface area contributed by atoms with Crippen LogP contribution >= 0.6 is 23.2 Å². The van der Waals surface area contributed by atoms with Crippen molar-refractivity contribution in [3.8, 4) is 0 Å². The Morgan fingerprint density at radius 2 is 1.89 bits per heavy atom. The smallest absolute Gasteiger partial charge is 0.228 e. The van der Waals surface area contributed by atoms with Gasteiger partial charge in [-0.25, -0.2) is 4.39 Å². The monoisotopic (exact) mass is 297 g/mol. The van der Waals surface area contributed by atoms with E-state index in [0.717, 1.165) is 5.56 Å². The molecule has 1 N–H and O–H groups in total. The molecule has 0 saturated heterocycles. The third kappa shape index (κ3) is 3.94. The van der Waals surface area contributed by atoms with Crippen molar-refractivity contribution in [3.05, 3.63) is 63.9 Å². The van der Waals surface area contributed by atoms with Gasteiger partial charge in [0.15, 0.2) is 0 Å². The summed E-state index contributed by atoms with van der Waals surface area (Å²) in [5.74, 6) is -0.642. The molecule has 0 radical (unpaired) electrons. The van der Waals surface area contributed by atoms with E-state index in [0.29, 0.717) is 15.7 Å². The first-order valence-electron chi connectivity index (χ1n) is 5.54. The van der Waals surface area contributed by atoms with E-state index in [1.54, 1.807) is 24.3 Å². The van der Waals surface area contributed by atoms with Gasteiger partial charge in [-0.1, -0.05) is 35.3 Å². The second-order valence-corrected chi connectivity index (χ2v) is 4.80. The van der Waals surface area contributed by atoms with Crippen LogP contribution < -0.4 is 5.32 Å². The quantitative estimate of drug-likeness (QED) is 0.898. The minimum Gasteiger partial charge on any atom is -0.326 e. The van der Waals surface area contributed by atoms with Gasteiger partial charge < -0.3 is 5.32 Å². The average Bonchev–Trinajstić information content (AvgIpc) is 2.34. The molecule has 0 aliphatic carbocycles. The molecule has 0 saturated carbocycles. The van der Waals surface area contributed by atoms with Gasteiger partial charge in [0.25, 0.3) is 0 Å². The predicted molar refractivity (Wildman–Crippen MR) is 75.2 cm³/mol. The summed E-state index contributed by atoms with van der Waals surface area (Å²) in [6.07, 6.45) is 0.146. The molecule has 0 heterocycles. The number of rotatable bonds is 3. The summed E-state index contributed by atoms with van der Waals surface area (Å²) < 4.78 is 13.0. The van der Waals surface area contributed by atoms with Gasteiger partial charge in [0, 0.05) is 5.69 Å². The normalized spacial score (nSPS) is 10.3. The maximum absolute atomic E-state index is 13.0. The van der Waals surface area contributed by atoms with Crippen LogP contribution in [0.1, 0.15) is 5.56 Å². The molecule has 2 nitrogen and oxygen atoms in total. The fourth-order valence-electron chi connectivity index (χ4n) is 1.61. The van der Waals surface area contributed by atoms with Crippen molar-refractivity contribution in [2.75, 3.05) is 5.32 Å². The van der Waals surface area contributed by atoms with E-state index in [2.05, 4.69) is 5.32 Å². The van der Waals surface area contributed by atoms with Crippen molar-refractivity contribution < 1.29 is 9.18 Å². The zero-order valence-electron chi connectivity index (χ0n) is 9.79. The largest absolute Gasteiger partial charge is 0.326 e. The van der Waals surface area contributed by atoms with Crippen molar-refractivity contribution in [1.29, 1.82) is 0 Å². The fourth-order valence-corrected chi connectivity index (χ4v) is 1.93. The lowest BCUT2D eigenvalue weighted by molar-refractivity contribution is -0.115. The lowest BCUT2D eigenvalue weighted by Crippen LogP contribution is -2.14. The molecular weight excluding hydrogens is 288 g/mol. The average molecular weight is 298 g/mol. The predicted octanol–water partition coefficient (Wildman–Crippen LogP) is 4.31. The van der Waals surface area contributed by atoms with E-state index in [9.17, 15) is 9.18 Å². The second-order valence-electron chi connectivity index (χ2n) is 3.98. The molecular formula is C14H10Cl2FNO. The summed E-state index contributed by atoms with van der Waals surface area (Å²) in [6, 6.07) is 10.7. The number of hydrogen-bond donors (Lipinski definition) is 1. The Morgan fingerprint density at radius 3 is 2.58 bits per heavy atom. The second kappa shape index (κ2) is 6.04. The van der Waals surface area contributed by atoms with Crippen molar-refractivity contribution in [2.45, 2.75) is 6.42 Å². The number of anilines is 1. The first kappa shape index (κ1) is 13.8. The van der Waals surface area contributed by atoms with E-state index in [-0.39, 0.29) is 12.3 Å². The summed E-state index contributed by atoms with van der Waals surface area (Å²) in [4.78, 5) is 11.8. The van der Waals surface area contributed by atoms with Crippen LogP contribution in [0.25, 0.3) is 0 Å². The Hall–Kier alpha value is -1.58. The van der Waals surface area contributed by atoms with Crippen molar-refractivity contribution in [2.24, 2.45) is 0 Å². The zero-order chi connectivity index (χ0) is 13.8. The van der Waals surface area contributed by atoms with Crippen LogP contribution in [-0.4, -0.2) is 5.91 Å². The number of nitrogens with one attached hydrogen (secondary N) is 1. The van der Waals surface area contributed by atoms with Crippen molar-refractivity contribution in [3.63, 3.8) is 0 Å². The fraction of sp³-hybridized carbons (Fsp3) is 0.0714. The van der Waals surface area contributed by atoms with Crippen LogP contribution in [0, 0.1) is 5.82 Å². The van der Waals surface area contributed by atoms with Crippen LogP contribution in [0.4, 0.5) is 10.1 Å². The number of hydrogen-bond acceptors (Lipinski definition) is 1. The van der Waals surface area contributed by atoms with Gasteiger partial charge in [-0.3, -0.25) is 4.79 Å². The Kier molecular flexibility index (Phi) is 4.40. The van der Waals surface area contributed by atoms with Gasteiger partial charge >= 0.3 is 0 Å². The highest BCUT2D eigenvalue weighted by Crippen LogP contribution is 2.23. The maximum Gasteiger partial charge on any atom is 0.228 e. The lowest BCUT2D eigenvalue weighted by Gasteiger charge is -2.06. The van der Waals surface area contributed by atoms with Gasteiger partial charge in [0.05, 0.1) is 16.5 Å². The number of carbonyl (C=O) groups excluding carboxylic acids is 1. The first-order valence-corrected chi connectivity index (χ1v) is 6.29. The molecule has 5 heteroatoms. The molecule has 0 unspecified atom stereocenters. The summed E-state index contributed by atoms with van der Waals surface area (Å²) >= 11 is 11.7. The zero-order valence-corrected chi connectivity index (χ0v) is 11.3. The van der Waals surface area contributed by atoms with E-state index in [4.69, 9.17) is 23.2 Å². The van der Waals surface area contributed by atoms with E-state index < -0.39 is 5.82 Å². The molecule has 2 rings (SSSR count). The Morgan fingerprint density at radius 1 is 1.11 bits per heavy atom. The molecule has 19 heavy (non-hydrogen) atoms. The molecule has 2 aromatic rings.